The van der Waals surface area contributed by atoms with Crippen LogP contribution in [0.25, 0.3) is 0 Å². The third kappa shape index (κ3) is 2.82. The van der Waals surface area contributed by atoms with Crippen LogP contribution in [0, 0.1) is 6.92 Å². The molecule has 0 radical (unpaired) electrons. The second kappa shape index (κ2) is 5.38. The quantitative estimate of drug-likeness (QED) is 0.877. The lowest BCUT2D eigenvalue weighted by atomic mass is 10.2. The largest absolute Gasteiger partial charge is 0.497 e. The average Bonchev–Trinajstić information content (AvgIpc) is 2.81. The van der Waals surface area contributed by atoms with Crippen LogP contribution in [-0.4, -0.2) is 28.5 Å². The summed E-state index contributed by atoms with van der Waals surface area (Å²) in [5, 5.41) is 16.4. The second-order valence-corrected chi connectivity index (χ2v) is 3.75. The van der Waals surface area contributed by atoms with Gasteiger partial charge in [-0.05, 0) is 25.1 Å². The normalized spacial score (nSPS) is 10.2. The van der Waals surface area contributed by atoms with E-state index in [4.69, 9.17) is 14.6 Å². The Hall–Kier alpha value is -2.57. The van der Waals surface area contributed by atoms with Gasteiger partial charge in [-0.15, -0.1) is 0 Å². The summed E-state index contributed by atoms with van der Waals surface area (Å²) >= 11 is 0. The summed E-state index contributed by atoms with van der Waals surface area (Å²) in [6, 6.07) is 4.55. The minimum Gasteiger partial charge on any atom is -0.497 e. The Morgan fingerprint density at radius 3 is 2.79 bits per heavy atom. The Morgan fingerprint density at radius 1 is 1.42 bits per heavy atom. The van der Waals surface area contributed by atoms with Crippen molar-refractivity contribution < 1.29 is 24.0 Å². The van der Waals surface area contributed by atoms with E-state index in [0.29, 0.717) is 17.1 Å². The predicted molar refractivity (Wildman–Crippen MR) is 63.3 cm³/mol. The number of aromatic nitrogens is 2. The number of carboxylic acid groups (broad SMARTS) is 1. The highest BCUT2D eigenvalue weighted by atomic mass is 16.6. The van der Waals surface area contributed by atoms with Gasteiger partial charge in [0.1, 0.15) is 35.1 Å². The Kier molecular flexibility index (Phi) is 3.65. The molecular weight excluding hydrogens is 252 g/mol. The van der Waals surface area contributed by atoms with E-state index in [1.54, 1.807) is 13.0 Å². The van der Waals surface area contributed by atoms with Crippen molar-refractivity contribution in [2.24, 2.45) is 0 Å². The number of ether oxygens (including phenoxy) is 2. The van der Waals surface area contributed by atoms with Gasteiger partial charge in [0, 0.05) is 0 Å². The molecule has 0 atom stereocenters. The Labute approximate surface area is 108 Å². The maximum Gasteiger partial charge on any atom is 0.339 e. The van der Waals surface area contributed by atoms with Crippen molar-refractivity contribution in [1.29, 1.82) is 0 Å². The van der Waals surface area contributed by atoms with Crippen molar-refractivity contribution in [2.45, 2.75) is 13.5 Å². The maximum absolute atomic E-state index is 11.1. The summed E-state index contributed by atoms with van der Waals surface area (Å²) in [5.74, 6) is -0.413. The maximum atomic E-state index is 11.1. The standard InChI is InChI=1S/C12H12N2O5/c1-7-10(14-19-13-7)6-18-11-4-3-8(17-2)5-9(11)12(15)16/h3-5H,6H2,1-2H3,(H,15,16). The van der Waals surface area contributed by atoms with Gasteiger partial charge < -0.3 is 14.6 Å². The molecule has 100 valence electrons. The van der Waals surface area contributed by atoms with Gasteiger partial charge in [-0.25, -0.2) is 9.42 Å². The SMILES string of the molecule is COc1ccc(OCc2nonc2C)c(C(=O)O)c1. The highest BCUT2D eigenvalue weighted by molar-refractivity contribution is 5.91. The zero-order valence-electron chi connectivity index (χ0n) is 10.4. The molecule has 0 saturated carbocycles. The highest BCUT2D eigenvalue weighted by Crippen LogP contribution is 2.25. The number of nitrogens with zero attached hydrogens (tertiary/aromatic N) is 2. The van der Waals surface area contributed by atoms with Crippen molar-refractivity contribution >= 4 is 5.97 Å². The molecule has 2 aromatic rings. The smallest absolute Gasteiger partial charge is 0.339 e. The number of hydrogen-bond donors (Lipinski definition) is 1. The summed E-state index contributed by atoms with van der Waals surface area (Å²) in [6.07, 6.45) is 0. The van der Waals surface area contributed by atoms with Crippen molar-refractivity contribution in [3.63, 3.8) is 0 Å². The van der Waals surface area contributed by atoms with E-state index in [1.807, 2.05) is 0 Å². The van der Waals surface area contributed by atoms with E-state index in [0.717, 1.165) is 0 Å². The van der Waals surface area contributed by atoms with Crippen LogP contribution in [0.15, 0.2) is 22.8 Å². The number of carboxylic acids is 1. The number of hydrogen-bond acceptors (Lipinski definition) is 6. The summed E-state index contributed by atoms with van der Waals surface area (Å²) in [4.78, 5) is 11.1. The van der Waals surface area contributed by atoms with E-state index >= 15 is 0 Å². The Morgan fingerprint density at radius 2 is 2.21 bits per heavy atom. The van der Waals surface area contributed by atoms with Gasteiger partial charge in [0.25, 0.3) is 0 Å². The van der Waals surface area contributed by atoms with Crippen molar-refractivity contribution in [2.75, 3.05) is 7.11 Å². The van der Waals surface area contributed by atoms with Gasteiger partial charge in [0.05, 0.1) is 7.11 Å². The first-order valence-corrected chi connectivity index (χ1v) is 5.44. The van der Waals surface area contributed by atoms with Crippen molar-refractivity contribution in [3.05, 3.63) is 35.2 Å². The lowest BCUT2D eigenvalue weighted by molar-refractivity contribution is 0.0691. The third-order valence-corrected chi connectivity index (χ3v) is 2.53. The molecule has 1 aromatic carbocycles. The first-order valence-electron chi connectivity index (χ1n) is 5.44. The minimum atomic E-state index is -1.09. The molecular formula is C12H12N2O5. The van der Waals surface area contributed by atoms with Crippen LogP contribution in [0.5, 0.6) is 11.5 Å². The number of aryl methyl sites for hydroxylation is 1. The molecule has 0 aliphatic heterocycles. The molecule has 1 heterocycles. The molecule has 0 fully saturated rings. The minimum absolute atomic E-state index is 0.0217. The molecule has 19 heavy (non-hydrogen) atoms. The van der Waals surface area contributed by atoms with E-state index < -0.39 is 5.97 Å². The van der Waals surface area contributed by atoms with Gasteiger partial charge in [0.15, 0.2) is 0 Å². The van der Waals surface area contributed by atoms with Gasteiger partial charge >= 0.3 is 5.97 Å². The molecule has 7 heteroatoms. The molecule has 0 unspecified atom stereocenters. The molecule has 1 aromatic heterocycles. The van der Waals surface area contributed by atoms with Crippen LogP contribution in [0.4, 0.5) is 0 Å². The topological polar surface area (TPSA) is 94.7 Å². The van der Waals surface area contributed by atoms with Gasteiger partial charge in [-0.3, -0.25) is 0 Å². The van der Waals surface area contributed by atoms with Gasteiger partial charge in [0.2, 0.25) is 0 Å². The number of aromatic carboxylic acids is 1. The lowest BCUT2D eigenvalue weighted by Crippen LogP contribution is -2.04. The number of benzene rings is 1. The molecule has 0 saturated heterocycles. The van der Waals surface area contributed by atoms with Gasteiger partial charge in [-0.2, -0.15) is 0 Å². The second-order valence-electron chi connectivity index (χ2n) is 3.75. The summed E-state index contributed by atoms with van der Waals surface area (Å²) < 4.78 is 14.9. The number of carbonyl (C=O) groups is 1. The predicted octanol–water partition coefficient (Wildman–Crippen LogP) is 1.66. The van der Waals surface area contributed by atoms with Crippen LogP contribution in [0.3, 0.4) is 0 Å². The molecule has 0 aliphatic carbocycles. The summed E-state index contributed by atoms with van der Waals surface area (Å²) in [5.41, 5.74) is 1.14. The fourth-order valence-electron chi connectivity index (χ4n) is 1.46. The molecule has 0 aliphatic rings. The average molecular weight is 264 g/mol. The molecule has 0 amide bonds. The van der Waals surface area contributed by atoms with Crippen LogP contribution in [0.2, 0.25) is 0 Å². The lowest BCUT2D eigenvalue weighted by Gasteiger charge is -2.09. The molecule has 0 bridgehead atoms. The van der Waals surface area contributed by atoms with Crippen LogP contribution in [-0.2, 0) is 6.61 Å². The fraction of sp³-hybridized carbons (Fsp3) is 0.250. The molecule has 7 nitrogen and oxygen atoms in total. The Bertz CT molecular complexity index is 594. The first kappa shape index (κ1) is 12.9. The van der Waals surface area contributed by atoms with E-state index in [1.165, 1.54) is 19.2 Å². The zero-order chi connectivity index (χ0) is 13.8. The van der Waals surface area contributed by atoms with Crippen molar-refractivity contribution in [1.82, 2.24) is 10.3 Å². The Balaban J connectivity index is 2.20. The molecule has 2 rings (SSSR count). The van der Waals surface area contributed by atoms with Crippen LogP contribution >= 0.6 is 0 Å². The molecule has 1 N–H and O–H groups in total. The molecule has 0 spiro atoms. The van der Waals surface area contributed by atoms with E-state index in [2.05, 4.69) is 14.9 Å². The summed E-state index contributed by atoms with van der Waals surface area (Å²) in [6.45, 7) is 1.81. The first-order chi connectivity index (χ1) is 9.11. The number of methoxy groups -OCH3 is 1. The zero-order valence-corrected chi connectivity index (χ0v) is 10.4. The van der Waals surface area contributed by atoms with Gasteiger partial charge in [-0.1, -0.05) is 10.3 Å². The van der Waals surface area contributed by atoms with E-state index in [-0.39, 0.29) is 17.9 Å². The summed E-state index contributed by atoms with van der Waals surface area (Å²) in [7, 11) is 1.46. The van der Waals surface area contributed by atoms with Crippen molar-refractivity contribution in [3.8, 4) is 11.5 Å². The highest BCUT2D eigenvalue weighted by Gasteiger charge is 2.14. The number of rotatable bonds is 5. The third-order valence-electron chi connectivity index (χ3n) is 2.53. The van der Waals surface area contributed by atoms with Crippen LogP contribution < -0.4 is 9.47 Å². The van der Waals surface area contributed by atoms with E-state index in [9.17, 15) is 4.79 Å². The van der Waals surface area contributed by atoms with Crippen LogP contribution in [0.1, 0.15) is 21.7 Å². The fourth-order valence-corrected chi connectivity index (χ4v) is 1.46. The monoisotopic (exact) mass is 264 g/mol.